The largest absolute Gasteiger partial charge is 0.310 e. The molecule has 47 heavy (non-hydrogen) atoms. The van der Waals surface area contributed by atoms with E-state index < -0.39 is 0 Å². The zero-order valence-electron chi connectivity index (χ0n) is 26.0. The van der Waals surface area contributed by atoms with Crippen molar-refractivity contribution in [1.29, 1.82) is 0 Å². The summed E-state index contributed by atoms with van der Waals surface area (Å²) >= 11 is 0. The van der Waals surface area contributed by atoms with Crippen LogP contribution >= 0.6 is 0 Å². The van der Waals surface area contributed by atoms with Gasteiger partial charge in [-0.05, 0) is 98.2 Å². The Balaban J connectivity index is 1.19. The van der Waals surface area contributed by atoms with Gasteiger partial charge in [-0.2, -0.15) is 0 Å². The van der Waals surface area contributed by atoms with E-state index in [1.807, 2.05) is 0 Å². The summed E-state index contributed by atoms with van der Waals surface area (Å²) in [6.45, 7) is 0. The highest BCUT2D eigenvalue weighted by Crippen LogP contribution is 2.43. The van der Waals surface area contributed by atoms with Gasteiger partial charge in [-0.15, -0.1) is 0 Å². The van der Waals surface area contributed by atoms with Gasteiger partial charge in [0, 0.05) is 16.9 Å². The van der Waals surface area contributed by atoms with E-state index in [1.54, 1.807) is 0 Å². The maximum atomic E-state index is 2.37. The second-order valence-corrected chi connectivity index (χ2v) is 11.8. The third kappa shape index (κ3) is 5.83. The summed E-state index contributed by atoms with van der Waals surface area (Å²) in [7, 11) is 0. The monoisotopic (exact) mass is 599 g/mol. The van der Waals surface area contributed by atoms with E-state index in [2.05, 4.69) is 205 Å². The summed E-state index contributed by atoms with van der Waals surface area (Å²) in [5.41, 5.74) is 13.0. The number of fused-ring (bicyclic) bond motifs is 1. The van der Waals surface area contributed by atoms with Crippen LogP contribution in [0.5, 0.6) is 0 Å². The van der Waals surface area contributed by atoms with Crippen LogP contribution in [0, 0.1) is 0 Å². The third-order valence-corrected chi connectivity index (χ3v) is 8.85. The number of benzene rings is 8. The minimum Gasteiger partial charge on any atom is -0.310 e. The normalized spacial score (nSPS) is 11.0. The minimum atomic E-state index is 1.11. The highest BCUT2D eigenvalue weighted by molar-refractivity contribution is 5.93. The molecule has 0 fully saturated rings. The van der Waals surface area contributed by atoms with Gasteiger partial charge in [0.1, 0.15) is 0 Å². The molecular weight excluding hydrogens is 567 g/mol. The van der Waals surface area contributed by atoms with Crippen LogP contribution in [0.15, 0.2) is 200 Å². The second-order valence-electron chi connectivity index (χ2n) is 11.8. The first-order chi connectivity index (χ1) is 23.3. The molecule has 0 unspecified atom stereocenters. The molecule has 0 radical (unpaired) electrons. The third-order valence-electron chi connectivity index (χ3n) is 8.85. The molecule has 0 aliphatic carbocycles. The number of hydrogen-bond acceptors (Lipinski definition) is 1. The lowest BCUT2D eigenvalue weighted by Crippen LogP contribution is -2.11. The Kier molecular flexibility index (Phi) is 7.63. The van der Waals surface area contributed by atoms with Crippen LogP contribution in [0.1, 0.15) is 0 Å². The molecule has 8 rings (SSSR count). The zero-order chi connectivity index (χ0) is 31.4. The molecule has 0 amide bonds. The first-order valence-corrected chi connectivity index (χ1v) is 16.1. The Bertz CT molecular complexity index is 2260. The van der Waals surface area contributed by atoms with E-state index in [0.717, 1.165) is 17.1 Å². The summed E-state index contributed by atoms with van der Waals surface area (Å²) in [5.74, 6) is 0. The van der Waals surface area contributed by atoms with Gasteiger partial charge in [-0.3, -0.25) is 0 Å². The molecule has 0 aromatic heterocycles. The molecule has 0 saturated heterocycles. The van der Waals surface area contributed by atoms with E-state index in [0.29, 0.717) is 0 Å². The molecule has 0 spiro atoms. The molecule has 0 saturated carbocycles. The van der Waals surface area contributed by atoms with Gasteiger partial charge in [0.15, 0.2) is 0 Å². The number of hydrogen-bond donors (Lipinski definition) is 0. The fourth-order valence-electron chi connectivity index (χ4n) is 6.43. The average Bonchev–Trinajstić information content (AvgIpc) is 3.16. The van der Waals surface area contributed by atoms with Crippen LogP contribution in [0.25, 0.3) is 55.3 Å². The predicted octanol–water partition coefficient (Wildman–Crippen LogP) is 13.0. The fourth-order valence-corrected chi connectivity index (χ4v) is 6.43. The molecule has 0 atom stereocenters. The van der Waals surface area contributed by atoms with E-state index in [9.17, 15) is 0 Å². The molecule has 8 aromatic carbocycles. The van der Waals surface area contributed by atoms with Crippen LogP contribution in [-0.2, 0) is 0 Å². The Morgan fingerprint density at radius 1 is 0.255 bits per heavy atom. The summed E-state index contributed by atoms with van der Waals surface area (Å²) in [6.07, 6.45) is 0. The lowest BCUT2D eigenvalue weighted by molar-refractivity contribution is 1.28. The van der Waals surface area contributed by atoms with Crippen molar-refractivity contribution < 1.29 is 0 Å². The summed E-state index contributed by atoms with van der Waals surface area (Å²) < 4.78 is 0. The zero-order valence-corrected chi connectivity index (χ0v) is 26.0. The van der Waals surface area contributed by atoms with Crippen molar-refractivity contribution >= 4 is 27.8 Å². The van der Waals surface area contributed by atoms with Crippen LogP contribution < -0.4 is 4.90 Å². The standard InChI is InChI=1S/C46H33N/c1-5-13-34(14-6-1)38-21-23-41-32-39(22-24-40(41)31-38)36-25-28-44(29-26-36)47(43-19-11-4-12-20-43)46-30-27-42(35-15-7-2-8-16-35)33-45(46)37-17-9-3-10-18-37/h1-33H. The summed E-state index contributed by atoms with van der Waals surface area (Å²) in [5, 5.41) is 2.48. The molecule has 0 aliphatic rings. The van der Waals surface area contributed by atoms with Gasteiger partial charge in [0.25, 0.3) is 0 Å². The van der Waals surface area contributed by atoms with Gasteiger partial charge in [-0.25, -0.2) is 0 Å². The van der Waals surface area contributed by atoms with E-state index in [4.69, 9.17) is 0 Å². The first-order valence-electron chi connectivity index (χ1n) is 16.1. The van der Waals surface area contributed by atoms with Crippen molar-refractivity contribution in [3.63, 3.8) is 0 Å². The van der Waals surface area contributed by atoms with E-state index >= 15 is 0 Å². The van der Waals surface area contributed by atoms with E-state index in [-0.39, 0.29) is 0 Å². The Labute approximate surface area is 276 Å². The van der Waals surface area contributed by atoms with Gasteiger partial charge in [-0.1, -0.05) is 152 Å². The molecule has 1 heteroatoms. The van der Waals surface area contributed by atoms with Crippen molar-refractivity contribution in [3.8, 4) is 44.5 Å². The van der Waals surface area contributed by atoms with Crippen LogP contribution in [0.3, 0.4) is 0 Å². The lowest BCUT2D eigenvalue weighted by Gasteiger charge is -2.28. The van der Waals surface area contributed by atoms with Crippen molar-refractivity contribution in [2.75, 3.05) is 4.90 Å². The van der Waals surface area contributed by atoms with Crippen LogP contribution in [0.2, 0.25) is 0 Å². The summed E-state index contributed by atoms with van der Waals surface area (Å²) in [4.78, 5) is 2.37. The topological polar surface area (TPSA) is 3.24 Å². The average molecular weight is 600 g/mol. The highest BCUT2D eigenvalue weighted by atomic mass is 15.1. The molecule has 0 heterocycles. The van der Waals surface area contributed by atoms with Crippen molar-refractivity contribution in [2.24, 2.45) is 0 Å². The highest BCUT2D eigenvalue weighted by Gasteiger charge is 2.18. The Hall–Kier alpha value is -6.18. The Morgan fingerprint density at radius 2 is 0.638 bits per heavy atom. The number of anilines is 3. The maximum absolute atomic E-state index is 2.37. The predicted molar refractivity (Wildman–Crippen MR) is 200 cm³/mol. The van der Waals surface area contributed by atoms with Gasteiger partial charge >= 0.3 is 0 Å². The number of rotatable bonds is 7. The molecule has 0 aliphatic heterocycles. The molecule has 0 N–H and O–H groups in total. The minimum absolute atomic E-state index is 1.11. The summed E-state index contributed by atoms with van der Waals surface area (Å²) in [6, 6.07) is 71.8. The second kappa shape index (κ2) is 12.7. The van der Waals surface area contributed by atoms with Gasteiger partial charge < -0.3 is 4.90 Å². The molecule has 0 bridgehead atoms. The lowest BCUT2D eigenvalue weighted by atomic mass is 9.96. The van der Waals surface area contributed by atoms with Crippen molar-refractivity contribution in [3.05, 3.63) is 200 Å². The molecule has 1 nitrogen and oxygen atoms in total. The van der Waals surface area contributed by atoms with Crippen LogP contribution in [0.4, 0.5) is 17.1 Å². The van der Waals surface area contributed by atoms with Gasteiger partial charge in [0.2, 0.25) is 0 Å². The fraction of sp³-hybridized carbons (Fsp3) is 0. The Morgan fingerprint density at radius 3 is 1.17 bits per heavy atom. The maximum Gasteiger partial charge on any atom is 0.0540 e. The molecule has 8 aromatic rings. The van der Waals surface area contributed by atoms with E-state index in [1.165, 1.54) is 55.3 Å². The van der Waals surface area contributed by atoms with Crippen LogP contribution in [-0.4, -0.2) is 0 Å². The SMILES string of the molecule is c1ccc(-c2ccc(N(c3ccccc3)c3ccc(-c4ccc5cc(-c6ccccc6)ccc5c4)cc3)c(-c3ccccc3)c2)cc1. The quantitative estimate of drug-likeness (QED) is 0.176. The first kappa shape index (κ1) is 28.3. The van der Waals surface area contributed by atoms with Crippen molar-refractivity contribution in [1.82, 2.24) is 0 Å². The smallest absolute Gasteiger partial charge is 0.0540 e. The number of para-hydroxylation sites is 1. The number of nitrogens with zero attached hydrogens (tertiary/aromatic N) is 1. The molecular formula is C46H33N. The van der Waals surface area contributed by atoms with Gasteiger partial charge in [0.05, 0.1) is 5.69 Å². The molecule has 222 valence electrons. The van der Waals surface area contributed by atoms with Crippen molar-refractivity contribution in [2.45, 2.75) is 0 Å².